The number of phenols is 1. The number of nitrogens with zero attached hydrogens (tertiary/aromatic N) is 2. The van der Waals surface area contributed by atoms with E-state index in [9.17, 15) is 9.90 Å². The molecule has 29 heavy (non-hydrogen) atoms. The Morgan fingerprint density at radius 3 is 2.62 bits per heavy atom. The lowest BCUT2D eigenvalue weighted by molar-refractivity contribution is -0.120. The van der Waals surface area contributed by atoms with Gasteiger partial charge in [0.15, 0.2) is 0 Å². The number of aromatic nitrogens is 1. The number of benzene rings is 1. The minimum absolute atomic E-state index is 0.0183. The molecule has 0 spiro atoms. The summed E-state index contributed by atoms with van der Waals surface area (Å²) in [6, 6.07) is 5.41. The first-order valence-electron chi connectivity index (χ1n) is 10.2. The molecule has 3 rings (SSSR count). The van der Waals surface area contributed by atoms with Crippen LogP contribution in [-0.2, 0) is 9.53 Å². The third-order valence-corrected chi connectivity index (χ3v) is 6.13. The minimum Gasteiger partial charge on any atom is -0.507 e. The Hall–Kier alpha value is -2.17. The molecule has 1 amide bonds. The highest BCUT2D eigenvalue weighted by Gasteiger charge is 2.15. The summed E-state index contributed by atoms with van der Waals surface area (Å²) < 4.78 is 6.51. The fourth-order valence-electron chi connectivity index (χ4n) is 3.25. The van der Waals surface area contributed by atoms with Crippen LogP contribution in [0.3, 0.4) is 0 Å². The molecule has 1 aliphatic carbocycles. The topological polar surface area (TPSA) is 95.2 Å². The third kappa shape index (κ3) is 6.98. The van der Waals surface area contributed by atoms with Crippen molar-refractivity contribution in [1.29, 1.82) is 5.26 Å². The van der Waals surface area contributed by atoms with E-state index in [-0.39, 0.29) is 17.7 Å². The number of phenolic OH excluding ortho intramolecular Hbond substituents is 1. The average molecular weight is 418 g/mol. The van der Waals surface area contributed by atoms with E-state index in [4.69, 9.17) is 10.00 Å². The summed E-state index contributed by atoms with van der Waals surface area (Å²) in [7, 11) is 0. The van der Waals surface area contributed by atoms with Crippen molar-refractivity contribution < 1.29 is 14.6 Å². The van der Waals surface area contributed by atoms with Gasteiger partial charge in [-0.15, -0.1) is 11.3 Å². The molecule has 2 N–H and O–H groups in total. The summed E-state index contributed by atoms with van der Waals surface area (Å²) in [5.41, 5.74) is 1.12. The van der Waals surface area contributed by atoms with E-state index in [0.29, 0.717) is 24.2 Å². The quantitative estimate of drug-likeness (QED) is 0.724. The van der Waals surface area contributed by atoms with Gasteiger partial charge in [-0.05, 0) is 31.9 Å². The largest absolute Gasteiger partial charge is 0.507 e. The van der Waals surface area contributed by atoms with Crippen molar-refractivity contribution in [2.24, 2.45) is 0 Å². The first-order chi connectivity index (χ1) is 13.8. The number of hydrogen-bond acceptors (Lipinski definition) is 6. The number of rotatable bonds is 5. The second kappa shape index (κ2) is 11.1. The van der Waals surface area contributed by atoms with E-state index in [1.54, 1.807) is 6.07 Å². The van der Waals surface area contributed by atoms with Gasteiger partial charge < -0.3 is 15.2 Å². The van der Waals surface area contributed by atoms with Crippen LogP contribution in [0.2, 0.25) is 0 Å². The van der Waals surface area contributed by atoms with Crippen LogP contribution < -0.4 is 5.32 Å². The number of nitriles is 1. The minimum atomic E-state index is 0.0183. The molecule has 1 fully saturated rings. The highest BCUT2D eigenvalue weighted by Crippen LogP contribution is 2.33. The number of aromatic hydroxyl groups is 1. The van der Waals surface area contributed by atoms with E-state index < -0.39 is 0 Å². The van der Waals surface area contributed by atoms with Gasteiger partial charge in [0.25, 0.3) is 0 Å². The van der Waals surface area contributed by atoms with Crippen LogP contribution in [0.5, 0.6) is 5.75 Å². The predicted octanol–water partition coefficient (Wildman–Crippen LogP) is 4.86. The van der Waals surface area contributed by atoms with E-state index in [2.05, 4.69) is 24.1 Å². The van der Waals surface area contributed by atoms with Crippen LogP contribution in [-0.4, -0.2) is 34.8 Å². The van der Waals surface area contributed by atoms with Gasteiger partial charge in [0, 0.05) is 18.9 Å². The summed E-state index contributed by atoms with van der Waals surface area (Å²) in [6.07, 6.45) is 6.74. The number of hydrogen-bond donors (Lipinski definition) is 2. The van der Waals surface area contributed by atoms with Gasteiger partial charge in [0.2, 0.25) is 5.91 Å². The lowest BCUT2D eigenvalue weighted by Crippen LogP contribution is -2.35. The predicted molar refractivity (Wildman–Crippen MR) is 116 cm³/mol. The maximum Gasteiger partial charge on any atom is 0.217 e. The monoisotopic (exact) mass is 417 g/mol. The molecule has 1 saturated carbocycles. The molecule has 1 aromatic carbocycles. The van der Waals surface area contributed by atoms with Crippen LogP contribution in [0.4, 0.5) is 0 Å². The zero-order valence-electron chi connectivity index (χ0n) is 17.7. The molecule has 0 aliphatic heterocycles. The Bertz CT molecular complexity index is 851. The lowest BCUT2D eigenvalue weighted by Gasteiger charge is -2.23. The standard InChI is InChI=1S/C11H10N2OS.C11H21NO2/c1-6(2)11-13-8-3-4-9(14)7(5-12)10(8)15-11;1-9(12-10(2)13)8-14-11-6-4-3-5-7-11/h3-4,6,14H,1-2H3;9,11H,3-8H2,1-2H3,(H,12,13). The molecule has 1 atom stereocenters. The van der Waals surface area contributed by atoms with Gasteiger partial charge >= 0.3 is 0 Å². The maximum atomic E-state index is 10.7. The highest BCUT2D eigenvalue weighted by molar-refractivity contribution is 7.18. The number of amides is 1. The van der Waals surface area contributed by atoms with E-state index in [1.807, 2.05) is 13.0 Å². The molecule has 1 heterocycles. The van der Waals surface area contributed by atoms with E-state index in [1.165, 1.54) is 56.4 Å². The van der Waals surface area contributed by atoms with Crippen molar-refractivity contribution in [3.05, 3.63) is 22.7 Å². The lowest BCUT2D eigenvalue weighted by atomic mass is 9.98. The second-order valence-corrected chi connectivity index (χ2v) is 8.85. The van der Waals surface area contributed by atoms with Crippen molar-refractivity contribution in [2.45, 2.75) is 77.9 Å². The molecule has 0 radical (unpaired) electrons. The zero-order chi connectivity index (χ0) is 21.4. The molecular formula is C22H31N3O3S. The summed E-state index contributed by atoms with van der Waals surface area (Å²) in [5, 5.41) is 22.3. The van der Waals surface area contributed by atoms with E-state index >= 15 is 0 Å². The number of nitrogens with one attached hydrogen (secondary N) is 1. The van der Waals surface area contributed by atoms with E-state index in [0.717, 1.165) is 15.2 Å². The van der Waals surface area contributed by atoms with Crippen molar-refractivity contribution in [1.82, 2.24) is 10.3 Å². The molecule has 7 heteroatoms. The van der Waals surface area contributed by atoms with Gasteiger partial charge in [-0.3, -0.25) is 4.79 Å². The Morgan fingerprint density at radius 1 is 1.34 bits per heavy atom. The molecule has 1 aliphatic rings. The van der Waals surface area contributed by atoms with Gasteiger partial charge in [-0.2, -0.15) is 5.26 Å². The number of carbonyl (C=O) groups excluding carboxylic acids is 1. The van der Waals surface area contributed by atoms with Gasteiger partial charge in [0.1, 0.15) is 17.4 Å². The normalized spacial score (nSPS) is 15.4. The molecule has 1 unspecified atom stereocenters. The summed E-state index contributed by atoms with van der Waals surface area (Å²) >= 11 is 1.48. The van der Waals surface area contributed by atoms with Crippen LogP contribution >= 0.6 is 11.3 Å². The van der Waals surface area contributed by atoms with Crippen molar-refractivity contribution in [2.75, 3.05) is 6.61 Å². The van der Waals surface area contributed by atoms with Gasteiger partial charge in [-0.25, -0.2) is 4.98 Å². The second-order valence-electron chi connectivity index (χ2n) is 7.82. The number of ether oxygens (including phenoxy) is 1. The molecular weight excluding hydrogens is 386 g/mol. The summed E-state index contributed by atoms with van der Waals surface area (Å²) in [5.74, 6) is 0.393. The molecule has 1 aromatic heterocycles. The number of carbonyl (C=O) groups is 1. The molecule has 6 nitrogen and oxygen atoms in total. The highest BCUT2D eigenvalue weighted by atomic mass is 32.1. The molecule has 0 saturated heterocycles. The number of fused-ring (bicyclic) bond motifs is 1. The molecule has 158 valence electrons. The first kappa shape index (κ1) is 23.1. The fraction of sp³-hybridized carbons (Fsp3) is 0.591. The Labute approximate surface area is 176 Å². The number of thiazole rings is 1. The van der Waals surface area contributed by atoms with Crippen LogP contribution in [0, 0.1) is 11.3 Å². The summed E-state index contributed by atoms with van der Waals surface area (Å²) in [6.45, 7) is 8.28. The van der Waals surface area contributed by atoms with Gasteiger partial charge in [0.05, 0.1) is 27.9 Å². The van der Waals surface area contributed by atoms with Crippen molar-refractivity contribution in [3.63, 3.8) is 0 Å². The Kier molecular flexibility index (Phi) is 8.87. The van der Waals surface area contributed by atoms with Crippen LogP contribution in [0.1, 0.15) is 76.3 Å². The Balaban J connectivity index is 0.000000208. The van der Waals surface area contributed by atoms with Crippen LogP contribution in [0.15, 0.2) is 12.1 Å². The molecule has 2 aromatic rings. The summed E-state index contributed by atoms with van der Waals surface area (Å²) in [4.78, 5) is 15.2. The third-order valence-electron chi connectivity index (χ3n) is 4.74. The van der Waals surface area contributed by atoms with Crippen molar-refractivity contribution >= 4 is 27.5 Å². The fourth-order valence-corrected chi connectivity index (χ4v) is 4.31. The zero-order valence-corrected chi connectivity index (χ0v) is 18.5. The van der Waals surface area contributed by atoms with Crippen molar-refractivity contribution in [3.8, 4) is 11.8 Å². The molecule has 0 bridgehead atoms. The smallest absolute Gasteiger partial charge is 0.217 e. The first-order valence-corrected chi connectivity index (χ1v) is 11.0. The average Bonchev–Trinajstić information content (AvgIpc) is 3.12. The maximum absolute atomic E-state index is 10.7. The van der Waals surface area contributed by atoms with Crippen LogP contribution in [0.25, 0.3) is 10.2 Å². The SMILES string of the molecule is CC(=O)NC(C)COC1CCCCC1.CC(C)c1nc2ccc(O)c(C#N)c2s1. The Morgan fingerprint density at radius 2 is 2.03 bits per heavy atom. The van der Waals surface area contributed by atoms with Gasteiger partial charge in [-0.1, -0.05) is 33.1 Å².